The summed E-state index contributed by atoms with van der Waals surface area (Å²) in [6.07, 6.45) is -0.372. The Morgan fingerprint density at radius 3 is 2.47 bits per heavy atom. The van der Waals surface area contributed by atoms with Gasteiger partial charge in [0.05, 0.1) is 30.9 Å². The number of aliphatic hydroxyl groups is 1. The molecule has 4 rings (SSSR count). The number of nitrogens with zero attached hydrogens (tertiary/aromatic N) is 2. The monoisotopic (exact) mass is 423 g/mol. The van der Waals surface area contributed by atoms with Crippen molar-refractivity contribution in [3.05, 3.63) is 34.9 Å². The molecule has 1 saturated carbocycles. The van der Waals surface area contributed by atoms with Crippen LogP contribution in [0.15, 0.2) is 18.2 Å². The van der Waals surface area contributed by atoms with Gasteiger partial charge in [-0.15, -0.1) is 10.2 Å². The highest BCUT2D eigenvalue weighted by Crippen LogP contribution is 2.39. The highest BCUT2D eigenvalue weighted by atomic mass is 19.4. The lowest BCUT2D eigenvalue weighted by molar-refractivity contribution is -0.137. The van der Waals surface area contributed by atoms with Crippen LogP contribution in [0.25, 0.3) is 11.3 Å². The molecule has 2 heterocycles. The molecule has 0 spiro atoms. The fraction of sp³-hybridized carbons (Fsp3) is 0.524. The largest absolute Gasteiger partial charge is 0.507 e. The Morgan fingerprint density at radius 1 is 1.03 bits per heavy atom. The van der Waals surface area contributed by atoms with E-state index in [0.29, 0.717) is 43.6 Å². The third-order valence-electron chi connectivity index (χ3n) is 5.81. The van der Waals surface area contributed by atoms with Crippen molar-refractivity contribution in [1.82, 2.24) is 10.2 Å². The summed E-state index contributed by atoms with van der Waals surface area (Å²) in [6, 6.07) is 2.75. The second-order valence-electron chi connectivity index (χ2n) is 7.80. The zero-order valence-corrected chi connectivity index (χ0v) is 16.4. The summed E-state index contributed by atoms with van der Waals surface area (Å²) in [5.41, 5.74) is 1.31. The lowest BCUT2D eigenvalue weighted by atomic mass is 9.92. The highest BCUT2D eigenvalue weighted by molar-refractivity contribution is 5.73. The molecule has 9 heteroatoms. The smallest absolute Gasteiger partial charge is 0.416 e. The van der Waals surface area contributed by atoms with Crippen LogP contribution < -0.4 is 5.32 Å². The number of benzene rings is 1. The predicted octanol–water partition coefficient (Wildman–Crippen LogP) is 3.70. The van der Waals surface area contributed by atoms with Gasteiger partial charge in [0.25, 0.3) is 0 Å². The van der Waals surface area contributed by atoms with Gasteiger partial charge in [0.2, 0.25) is 0 Å². The number of halogens is 3. The van der Waals surface area contributed by atoms with Gasteiger partial charge in [-0.1, -0.05) is 12.8 Å². The van der Waals surface area contributed by atoms with Gasteiger partial charge in [0.15, 0.2) is 5.82 Å². The average Bonchev–Trinajstić information content (AvgIpc) is 2.96. The van der Waals surface area contributed by atoms with E-state index in [0.717, 1.165) is 42.9 Å². The minimum Gasteiger partial charge on any atom is -0.507 e. The first-order chi connectivity index (χ1) is 14.3. The zero-order chi connectivity index (χ0) is 21.3. The second kappa shape index (κ2) is 8.39. The SMILES string of the molecule is Oc1cc(C(F)(F)F)ccc1-c1nnc(N[C@@H]2CCCC[C@H]2O)c2c1CCOCC2. The summed E-state index contributed by atoms with van der Waals surface area (Å²) in [7, 11) is 0. The first-order valence-corrected chi connectivity index (χ1v) is 10.2. The fourth-order valence-electron chi connectivity index (χ4n) is 4.19. The number of rotatable bonds is 3. The van der Waals surface area contributed by atoms with Crippen LogP contribution in [0.3, 0.4) is 0 Å². The highest BCUT2D eigenvalue weighted by Gasteiger charge is 2.32. The Hall–Kier alpha value is -2.39. The molecule has 162 valence electrons. The van der Waals surface area contributed by atoms with Gasteiger partial charge in [-0.3, -0.25) is 0 Å². The molecule has 3 N–H and O–H groups in total. The predicted molar refractivity (Wildman–Crippen MR) is 104 cm³/mol. The molecular weight excluding hydrogens is 399 g/mol. The van der Waals surface area contributed by atoms with Crippen molar-refractivity contribution >= 4 is 5.82 Å². The molecular formula is C21H24F3N3O3. The molecule has 2 aliphatic rings. The van der Waals surface area contributed by atoms with Crippen LogP contribution in [0.1, 0.15) is 42.4 Å². The lowest BCUT2D eigenvalue weighted by Gasteiger charge is -2.29. The minimum atomic E-state index is -4.54. The van der Waals surface area contributed by atoms with E-state index in [1.807, 2.05) is 0 Å². The number of hydrogen-bond donors (Lipinski definition) is 3. The van der Waals surface area contributed by atoms with E-state index in [2.05, 4.69) is 15.5 Å². The zero-order valence-electron chi connectivity index (χ0n) is 16.4. The Balaban J connectivity index is 1.73. The molecule has 2 aromatic rings. The molecule has 0 radical (unpaired) electrons. The van der Waals surface area contributed by atoms with Crippen molar-refractivity contribution in [2.75, 3.05) is 18.5 Å². The number of hydrogen-bond acceptors (Lipinski definition) is 6. The lowest BCUT2D eigenvalue weighted by Crippen LogP contribution is -2.37. The number of nitrogens with one attached hydrogen (secondary N) is 1. The van der Waals surface area contributed by atoms with Crippen molar-refractivity contribution in [2.24, 2.45) is 0 Å². The summed E-state index contributed by atoms with van der Waals surface area (Å²) in [5, 5.41) is 32.5. The molecule has 2 atom stereocenters. The summed E-state index contributed by atoms with van der Waals surface area (Å²) < 4.78 is 44.4. The molecule has 0 bridgehead atoms. The average molecular weight is 423 g/mol. The summed E-state index contributed by atoms with van der Waals surface area (Å²) >= 11 is 0. The first kappa shape index (κ1) is 20.9. The summed E-state index contributed by atoms with van der Waals surface area (Å²) in [6.45, 7) is 0.928. The van der Waals surface area contributed by atoms with E-state index in [4.69, 9.17) is 4.74 Å². The van der Waals surface area contributed by atoms with Gasteiger partial charge < -0.3 is 20.3 Å². The molecule has 0 saturated heterocycles. The van der Waals surface area contributed by atoms with Gasteiger partial charge in [-0.2, -0.15) is 13.2 Å². The van der Waals surface area contributed by atoms with Crippen LogP contribution in [0, 0.1) is 0 Å². The number of phenols is 1. The number of fused-ring (bicyclic) bond motifs is 1. The summed E-state index contributed by atoms with van der Waals surface area (Å²) in [4.78, 5) is 0. The topological polar surface area (TPSA) is 87.5 Å². The molecule has 1 aromatic carbocycles. The number of aromatic nitrogens is 2. The van der Waals surface area contributed by atoms with E-state index < -0.39 is 23.6 Å². The van der Waals surface area contributed by atoms with E-state index in [-0.39, 0.29) is 11.6 Å². The van der Waals surface area contributed by atoms with E-state index in [1.54, 1.807) is 0 Å². The molecule has 1 aromatic heterocycles. The van der Waals surface area contributed by atoms with Crippen molar-refractivity contribution < 1.29 is 28.1 Å². The Bertz CT molecular complexity index is 920. The maximum Gasteiger partial charge on any atom is 0.416 e. The van der Waals surface area contributed by atoms with Crippen LogP contribution >= 0.6 is 0 Å². The van der Waals surface area contributed by atoms with Gasteiger partial charge in [-0.25, -0.2) is 0 Å². The quantitative estimate of drug-likeness (QED) is 0.698. The maximum atomic E-state index is 13.0. The van der Waals surface area contributed by atoms with Gasteiger partial charge in [-0.05, 0) is 49.4 Å². The van der Waals surface area contributed by atoms with Crippen LogP contribution in [0.2, 0.25) is 0 Å². The standard InChI is InChI=1S/C21H24F3N3O3/c22-21(23,24)12-5-6-15(18(29)11-12)19-13-7-9-30-10-8-14(13)20(27-26-19)25-16-3-1-2-4-17(16)28/h5-6,11,16-17,28-29H,1-4,7-10H2,(H,25,27)/t16-,17-/m1/s1. The molecule has 6 nitrogen and oxygen atoms in total. The number of aliphatic hydroxyl groups excluding tert-OH is 1. The van der Waals surface area contributed by atoms with Crippen LogP contribution in [0.4, 0.5) is 19.0 Å². The van der Waals surface area contributed by atoms with Gasteiger partial charge in [0, 0.05) is 11.1 Å². The normalized spacial score (nSPS) is 22.3. The number of alkyl halides is 3. The molecule has 1 aliphatic carbocycles. The van der Waals surface area contributed by atoms with Gasteiger partial charge in [0.1, 0.15) is 11.4 Å². The number of phenolic OH excluding ortho intramolecular Hbond substituents is 1. The molecule has 0 amide bonds. The molecule has 1 aliphatic heterocycles. The van der Waals surface area contributed by atoms with Crippen molar-refractivity contribution in [3.8, 4) is 17.0 Å². The van der Waals surface area contributed by atoms with E-state index >= 15 is 0 Å². The van der Waals surface area contributed by atoms with E-state index in [9.17, 15) is 23.4 Å². The maximum absolute atomic E-state index is 13.0. The van der Waals surface area contributed by atoms with Gasteiger partial charge >= 0.3 is 6.18 Å². The fourth-order valence-corrected chi connectivity index (χ4v) is 4.19. The molecule has 0 unspecified atom stereocenters. The third-order valence-corrected chi connectivity index (χ3v) is 5.81. The van der Waals surface area contributed by atoms with E-state index in [1.165, 1.54) is 6.07 Å². The summed E-state index contributed by atoms with van der Waals surface area (Å²) in [5.74, 6) is 0.0755. The first-order valence-electron chi connectivity index (χ1n) is 10.2. The molecule has 1 fully saturated rings. The number of anilines is 1. The van der Waals surface area contributed by atoms with Crippen LogP contribution in [-0.4, -0.2) is 45.8 Å². The van der Waals surface area contributed by atoms with Crippen molar-refractivity contribution in [2.45, 2.75) is 56.8 Å². The van der Waals surface area contributed by atoms with Crippen molar-refractivity contribution in [3.63, 3.8) is 0 Å². The van der Waals surface area contributed by atoms with Crippen molar-refractivity contribution in [1.29, 1.82) is 0 Å². The Morgan fingerprint density at radius 2 is 1.77 bits per heavy atom. The minimum absolute atomic E-state index is 0.119. The molecule has 30 heavy (non-hydrogen) atoms. The Labute approximate surface area is 172 Å². The number of aromatic hydroxyl groups is 1. The third kappa shape index (κ3) is 4.22. The van der Waals surface area contributed by atoms with Crippen LogP contribution in [0.5, 0.6) is 5.75 Å². The Kier molecular flexibility index (Phi) is 5.84. The van der Waals surface area contributed by atoms with Crippen LogP contribution in [-0.2, 0) is 23.8 Å². The number of ether oxygens (including phenoxy) is 1. The second-order valence-corrected chi connectivity index (χ2v) is 7.80.